The summed E-state index contributed by atoms with van der Waals surface area (Å²) >= 11 is 12.2. The Kier molecular flexibility index (Phi) is 26.5. The van der Waals surface area contributed by atoms with Crippen molar-refractivity contribution in [3.8, 4) is 5.75 Å². The fraction of sp³-hybridized carbons (Fsp3) is 0.262. The van der Waals surface area contributed by atoms with Crippen LogP contribution in [-0.2, 0) is 32.0 Å². The first kappa shape index (κ1) is 62.6. The molecule has 2 atom stereocenters. The van der Waals surface area contributed by atoms with Gasteiger partial charge in [-0.2, -0.15) is 0 Å². The molecule has 16 heteroatoms. The molecule has 7 aromatic rings. The van der Waals surface area contributed by atoms with Gasteiger partial charge >= 0.3 is 11.9 Å². The fourth-order valence-corrected chi connectivity index (χ4v) is 11.0. The van der Waals surface area contributed by atoms with Crippen molar-refractivity contribution in [1.82, 2.24) is 4.98 Å². The van der Waals surface area contributed by atoms with Crippen molar-refractivity contribution in [3.63, 3.8) is 0 Å². The van der Waals surface area contributed by atoms with Crippen molar-refractivity contribution < 1.29 is 43.7 Å². The molecule has 0 amide bonds. The van der Waals surface area contributed by atoms with E-state index in [0.717, 1.165) is 57.0 Å². The number of para-hydroxylation sites is 3. The highest BCUT2D eigenvalue weighted by molar-refractivity contribution is 8.77. The van der Waals surface area contributed by atoms with E-state index in [9.17, 15) is 28.8 Å². The van der Waals surface area contributed by atoms with Crippen LogP contribution in [0.2, 0.25) is 10.0 Å². The molecule has 1 saturated heterocycles. The first-order valence-electron chi connectivity index (χ1n) is 24.8. The molecular formula is C61H65Cl2N3O9S2. The zero-order valence-electron chi connectivity index (χ0n) is 44.0. The largest absolute Gasteiger partial charge is 0.497 e. The zero-order chi connectivity index (χ0) is 56.4. The molecule has 0 spiro atoms. The number of ketones is 4. The van der Waals surface area contributed by atoms with Gasteiger partial charge in [0.2, 0.25) is 0 Å². The van der Waals surface area contributed by atoms with E-state index in [4.69, 9.17) is 43.9 Å². The number of aliphatic carboxylic acids is 2. The number of carboxylic acids is 2. The molecule has 0 bridgehead atoms. The summed E-state index contributed by atoms with van der Waals surface area (Å²) in [4.78, 5) is 70.4. The van der Waals surface area contributed by atoms with Gasteiger partial charge in [-0.1, -0.05) is 142 Å². The van der Waals surface area contributed by atoms with Gasteiger partial charge in [0.25, 0.3) is 0 Å². The molecule has 1 aliphatic heterocycles. The molecule has 1 aliphatic rings. The van der Waals surface area contributed by atoms with Gasteiger partial charge < -0.3 is 30.8 Å². The lowest BCUT2D eigenvalue weighted by Gasteiger charge is -2.13. The molecular weight excluding hydrogens is 1050 g/mol. The van der Waals surface area contributed by atoms with Crippen molar-refractivity contribution >= 4 is 108 Å². The molecule has 404 valence electrons. The number of methoxy groups -OCH3 is 1. The van der Waals surface area contributed by atoms with Crippen molar-refractivity contribution in [2.75, 3.05) is 23.9 Å². The molecule has 1 fully saturated rings. The summed E-state index contributed by atoms with van der Waals surface area (Å²) in [5.74, 6) is 0.163. The lowest BCUT2D eigenvalue weighted by Crippen LogP contribution is -2.10. The number of rotatable bonds is 17. The van der Waals surface area contributed by atoms with E-state index in [0.29, 0.717) is 50.2 Å². The number of pyridine rings is 1. The number of halogens is 2. The average Bonchev–Trinajstić information content (AvgIpc) is 3.94. The second-order valence-electron chi connectivity index (χ2n) is 18.0. The molecule has 77 heavy (non-hydrogen) atoms. The van der Waals surface area contributed by atoms with Gasteiger partial charge in [-0.05, 0) is 130 Å². The molecule has 0 saturated carbocycles. The number of carbonyl (C=O) groups is 6. The third-order valence-electron chi connectivity index (χ3n) is 11.8. The second kappa shape index (κ2) is 32.6. The predicted molar refractivity (Wildman–Crippen MR) is 316 cm³/mol. The van der Waals surface area contributed by atoms with Crippen LogP contribution in [-0.4, -0.2) is 68.4 Å². The Morgan fingerprint density at radius 1 is 0.753 bits per heavy atom. The minimum atomic E-state index is -0.975. The summed E-state index contributed by atoms with van der Waals surface area (Å²) in [5, 5.41) is 25.0. The second-order valence-corrected chi connectivity index (χ2v) is 21.6. The summed E-state index contributed by atoms with van der Waals surface area (Å²) in [5.41, 5.74) is 12.4. The van der Waals surface area contributed by atoms with Crippen molar-refractivity contribution in [2.45, 2.75) is 90.7 Å². The summed E-state index contributed by atoms with van der Waals surface area (Å²) in [6, 6.07) is 39.9. The van der Waals surface area contributed by atoms with Gasteiger partial charge in [-0.15, -0.1) is 0 Å². The first-order valence-corrected chi connectivity index (χ1v) is 27.9. The van der Waals surface area contributed by atoms with E-state index in [1.165, 1.54) is 31.9 Å². The normalized spacial score (nSPS) is 12.5. The highest BCUT2D eigenvalue weighted by Crippen LogP contribution is 2.40. The highest BCUT2D eigenvalue weighted by atomic mass is 35.5. The third-order valence-corrected chi connectivity index (χ3v) is 15.5. The molecule has 0 aliphatic carbocycles. The molecule has 0 radical (unpaired) electrons. The van der Waals surface area contributed by atoms with E-state index in [1.54, 1.807) is 101 Å². The number of hydrogen-bond acceptors (Lipinski definition) is 12. The number of carbonyl (C=O) groups excluding carboxylic acids is 4. The summed E-state index contributed by atoms with van der Waals surface area (Å²) < 4.78 is 5.14. The monoisotopic (exact) mass is 1120 g/mol. The Morgan fingerprint density at radius 3 is 2.00 bits per heavy atom. The topological polar surface area (TPSA) is 203 Å². The number of nitrogens with zero attached hydrogens (tertiary/aromatic N) is 1. The summed E-state index contributed by atoms with van der Waals surface area (Å²) in [6.45, 7) is 8.40. The van der Waals surface area contributed by atoms with E-state index in [-0.39, 0.29) is 29.5 Å². The Bertz CT molecular complexity index is 3080. The van der Waals surface area contributed by atoms with Crippen molar-refractivity contribution in [3.05, 3.63) is 195 Å². The summed E-state index contributed by atoms with van der Waals surface area (Å²) in [7, 11) is 5.66. The standard InChI is InChI=1S/C16H15NO3.C15H13Cl2NO.C14H14O3.C9H16OS2.C7H7NO/c1-10-5-7-11(8-6-10)16(20)13-4-2-3-12(15(13)17)9-14(18)19;1-10(19)9-11-5-2-3-8-14(11)18-15-12(16)6-4-7-13(15)17;1-9(14(15)16)10-3-4-12-8-13(17-2)6-5-11(12)7-10;1-8(10)4-2-3-5-9-6-7-11-12-9;1-6(9)7-3-2-4-8-5-7/h2-8H,9,17H2,1H3,(H,18,19);2-8,18H,9H2,1H3;3-9H,1-2H3,(H,15,16);9H,2-7H2,1H3;2-5H,1H3/t;;2*9-;/m..01./s1. The van der Waals surface area contributed by atoms with E-state index in [1.807, 2.05) is 101 Å². The van der Waals surface area contributed by atoms with Crippen molar-refractivity contribution in [2.24, 2.45) is 0 Å². The maximum absolute atomic E-state index is 12.4. The maximum Gasteiger partial charge on any atom is 0.310 e. The van der Waals surface area contributed by atoms with Crippen LogP contribution in [0.3, 0.4) is 0 Å². The number of benzene rings is 6. The van der Waals surface area contributed by atoms with Gasteiger partial charge in [-0.3, -0.25) is 29.0 Å². The number of anilines is 3. The number of fused-ring (bicyclic) bond motifs is 1. The number of hydrogen-bond donors (Lipinski definition) is 4. The van der Waals surface area contributed by atoms with Crippen LogP contribution in [0, 0.1) is 6.92 Å². The third kappa shape index (κ3) is 21.5. The van der Waals surface area contributed by atoms with Crippen LogP contribution in [0.5, 0.6) is 5.75 Å². The first-order chi connectivity index (χ1) is 36.8. The van der Waals surface area contributed by atoms with Crippen LogP contribution in [0.4, 0.5) is 17.1 Å². The zero-order valence-corrected chi connectivity index (χ0v) is 47.2. The van der Waals surface area contributed by atoms with Gasteiger partial charge in [0.15, 0.2) is 11.6 Å². The van der Waals surface area contributed by atoms with Crippen LogP contribution in [0.1, 0.15) is 114 Å². The number of aryl methyl sites for hydroxylation is 1. The molecule has 12 nitrogen and oxygen atoms in total. The van der Waals surface area contributed by atoms with E-state index in [2.05, 4.69) is 10.3 Å². The van der Waals surface area contributed by atoms with Crippen LogP contribution < -0.4 is 15.8 Å². The number of nitrogens with one attached hydrogen (secondary N) is 1. The van der Waals surface area contributed by atoms with Crippen molar-refractivity contribution in [1.29, 1.82) is 0 Å². The van der Waals surface area contributed by atoms with Gasteiger partial charge in [0.05, 0.1) is 35.2 Å². The average molecular weight is 1120 g/mol. The van der Waals surface area contributed by atoms with Crippen LogP contribution in [0.15, 0.2) is 146 Å². The molecule has 2 heterocycles. The van der Waals surface area contributed by atoms with Gasteiger partial charge in [0.1, 0.15) is 17.3 Å². The number of ether oxygens (including phenoxy) is 1. The smallest absolute Gasteiger partial charge is 0.310 e. The lowest BCUT2D eigenvalue weighted by molar-refractivity contribution is -0.138. The Labute approximate surface area is 468 Å². The number of nitrogen functional groups attached to an aromatic ring is 1. The fourth-order valence-electron chi connectivity index (χ4n) is 7.47. The molecule has 0 unspecified atom stereocenters. The highest BCUT2D eigenvalue weighted by Gasteiger charge is 2.18. The maximum atomic E-state index is 12.4. The van der Waals surface area contributed by atoms with Crippen LogP contribution >= 0.6 is 44.8 Å². The number of unbranched alkanes of at least 4 members (excludes halogenated alkanes) is 1. The Balaban J connectivity index is 0.000000213. The number of Topliss-reactive ketones (excluding diaryl/α,β-unsaturated/α-hetero) is 3. The Morgan fingerprint density at radius 2 is 1.42 bits per heavy atom. The SMILES string of the molecule is CC(=O)CCCC[C@@H]1CCSS1.CC(=O)Cc1ccccc1Nc1c(Cl)cccc1Cl.CC(=O)c1cccnc1.COc1ccc2cc([C@H](C)C(=O)O)ccc2c1.Cc1ccc(C(=O)c2cccc(CC(=O)O)c2N)cc1. The molecule has 6 aromatic carbocycles. The van der Waals surface area contributed by atoms with Crippen LogP contribution in [0.25, 0.3) is 10.8 Å². The Hall–Kier alpha value is -6.97. The molecule has 5 N–H and O–H groups in total. The van der Waals surface area contributed by atoms with Gasteiger partial charge in [-0.25, -0.2) is 0 Å². The van der Waals surface area contributed by atoms with E-state index >= 15 is 0 Å². The molecule has 8 rings (SSSR count). The quantitative estimate of drug-likeness (QED) is 0.0290. The van der Waals surface area contributed by atoms with Gasteiger partial charge in [0, 0.05) is 64.3 Å². The number of aromatic nitrogens is 1. The predicted octanol–water partition coefficient (Wildman–Crippen LogP) is 14.9. The number of carboxylic acid groups (broad SMARTS) is 2. The van der Waals surface area contributed by atoms with E-state index < -0.39 is 17.9 Å². The number of nitrogens with two attached hydrogens (primary N) is 1. The minimum absolute atomic E-state index is 0.0584. The summed E-state index contributed by atoms with van der Waals surface area (Å²) in [6.07, 6.45) is 9.18. The minimum Gasteiger partial charge on any atom is -0.497 e. The molecule has 1 aromatic heterocycles. The lowest BCUT2D eigenvalue weighted by atomic mass is 9.97.